The van der Waals surface area contributed by atoms with Crippen LogP contribution in [0.1, 0.15) is 17.0 Å². The molecule has 0 atom stereocenters. The van der Waals surface area contributed by atoms with Crippen LogP contribution in [0.2, 0.25) is 0 Å². The second-order valence-electron chi connectivity index (χ2n) is 3.93. The molecule has 0 aliphatic heterocycles. The van der Waals surface area contributed by atoms with Crippen molar-refractivity contribution in [2.24, 2.45) is 0 Å². The van der Waals surface area contributed by atoms with Crippen molar-refractivity contribution < 1.29 is 13.2 Å². The molecule has 2 rings (SSSR count). The monoisotopic (exact) mass is 288 g/mol. The van der Waals surface area contributed by atoms with Gasteiger partial charge in [-0.1, -0.05) is 0 Å². The van der Waals surface area contributed by atoms with Gasteiger partial charge in [0.1, 0.15) is 11.6 Å². The summed E-state index contributed by atoms with van der Waals surface area (Å²) in [5.74, 6) is -1.39. The zero-order valence-corrected chi connectivity index (χ0v) is 10.8. The van der Waals surface area contributed by atoms with Crippen molar-refractivity contribution in [1.29, 1.82) is 0 Å². The van der Waals surface area contributed by atoms with E-state index in [-0.39, 0.29) is 11.6 Å². The van der Waals surface area contributed by atoms with E-state index in [1.54, 1.807) is 0 Å². The molecule has 3 N–H and O–H groups in total. The first-order valence-electron chi connectivity index (χ1n) is 5.33. The molecular formula is C11H11F3N4S. The van der Waals surface area contributed by atoms with Crippen LogP contribution in [0, 0.1) is 6.92 Å². The molecule has 0 radical (unpaired) electrons. The van der Waals surface area contributed by atoms with Gasteiger partial charge in [-0.25, -0.2) is 9.97 Å². The smallest absolute Gasteiger partial charge is 0.384 e. The Balaban J connectivity index is 2.17. The minimum absolute atomic E-state index is 0.0606. The average molecular weight is 288 g/mol. The number of nitrogens with one attached hydrogen (secondary N) is 1. The highest BCUT2D eigenvalue weighted by Gasteiger charge is 2.35. The molecule has 19 heavy (non-hydrogen) atoms. The number of hydrogen-bond donors (Lipinski definition) is 2. The zero-order chi connectivity index (χ0) is 14.0. The summed E-state index contributed by atoms with van der Waals surface area (Å²) in [7, 11) is 0. The fraction of sp³-hybridized carbons (Fsp3) is 0.273. The molecule has 2 aromatic heterocycles. The minimum atomic E-state index is -4.61. The Morgan fingerprint density at radius 2 is 2.05 bits per heavy atom. The first-order valence-corrected chi connectivity index (χ1v) is 6.28. The lowest BCUT2D eigenvalue weighted by Crippen LogP contribution is -2.14. The first kappa shape index (κ1) is 13.6. The molecule has 8 heteroatoms. The van der Waals surface area contributed by atoms with E-state index >= 15 is 0 Å². The van der Waals surface area contributed by atoms with Crippen molar-refractivity contribution in [3.8, 4) is 0 Å². The Bertz CT molecular complexity index is 580. The van der Waals surface area contributed by atoms with E-state index in [1.165, 1.54) is 17.4 Å². The highest BCUT2D eigenvalue weighted by atomic mass is 32.1. The number of rotatable bonds is 3. The molecule has 0 bridgehead atoms. The number of hydrogen-bond acceptors (Lipinski definition) is 5. The number of alkyl halides is 3. The summed E-state index contributed by atoms with van der Waals surface area (Å²) in [6, 6.07) is 1.27. The van der Waals surface area contributed by atoms with Crippen LogP contribution < -0.4 is 11.1 Å². The molecule has 0 fully saturated rings. The number of anilines is 2. The summed E-state index contributed by atoms with van der Waals surface area (Å²) in [5, 5.41) is 6.71. The van der Waals surface area contributed by atoms with E-state index in [1.807, 2.05) is 17.7 Å². The number of nitrogens with zero attached hydrogens (tertiary/aromatic N) is 2. The molecule has 0 amide bonds. The lowest BCUT2D eigenvalue weighted by Gasteiger charge is -2.10. The maximum Gasteiger partial charge on any atom is 0.451 e. The van der Waals surface area contributed by atoms with Crippen LogP contribution in [-0.4, -0.2) is 9.97 Å². The standard InChI is InChI=1S/C11H11F3N4S/c1-6-4-19-5-7(6)3-16-9-2-8(15)17-10(18-9)11(12,13)14/h2,4-5H,3H2,1H3,(H3,15,16,17,18). The van der Waals surface area contributed by atoms with Crippen molar-refractivity contribution in [2.75, 3.05) is 11.1 Å². The SMILES string of the molecule is Cc1cscc1CNc1cc(N)nc(C(F)(F)F)n1. The van der Waals surface area contributed by atoms with Crippen LogP contribution >= 0.6 is 11.3 Å². The van der Waals surface area contributed by atoms with Gasteiger partial charge in [-0.3, -0.25) is 0 Å². The van der Waals surface area contributed by atoms with E-state index < -0.39 is 12.0 Å². The van der Waals surface area contributed by atoms with Gasteiger partial charge in [0.15, 0.2) is 0 Å². The lowest BCUT2D eigenvalue weighted by atomic mass is 10.2. The Labute approximate surface area is 111 Å². The first-order chi connectivity index (χ1) is 8.86. The molecular weight excluding hydrogens is 277 g/mol. The fourth-order valence-corrected chi connectivity index (χ4v) is 2.29. The van der Waals surface area contributed by atoms with Gasteiger partial charge in [0.05, 0.1) is 0 Å². The molecule has 0 saturated carbocycles. The zero-order valence-electron chi connectivity index (χ0n) is 9.95. The quantitative estimate of drug-likeness (QED) is 0.911. The highest BCUT2D eigenvalue weighted by molar-refractivity contribution is 7.08. The summed E-state index contributed by atoms with van der Waals surface area (Å²) in [6.07, 6.45) is -4.61. The summed E-state index contributed by atoms with van der Waals surface area (Å²) in [6.45, 7) is 2.33. The molecule has 4 nitrogen and oxygen atoms in total. The number of nitrogens with two attached hydrogens (primary N) is 1. The lowest BCUT2D eigenvalue weighted by molar-refractivity contribution is -0.144. The van der Waals surface area contributed by atoms with E-state index in [0.717, 1.165) is 11.1 Å². The van der Waals surface area contributed by atoms with E-state index in [4.69, 9.17) is 5.73 Å². The Kier molecular flexibility index (Phi) is 3.61. The van der Waals surface area contributed by atoms with Crippen molar-refractivity contribution >= 4 is 23.0 Å². The molecule has 0 spiro atoms. The van der Waals surface area contributed by atoms with Crippen molar-refractivity contribution in [2.45, 2.75) is 19.6 Å². The van der Waals surface area contributed by atoms with Crippen LogP contribution in [0.15, 0.2) is 16.8 Å². The average Bonchev–Trinajstić information content (AvgIpc) is 2.70. The highest BCUT2D eigenvalue weighted by Crippen LogP contribution is 2.27. The van der Waals surface area contributed by atoms with Gasteiger partial charge in [0.25, 0.3) is 0 Å². The van der Waals surface area contributed by atoms with Crippen LogP contribution in [0.25, 0.3) is 0 Å². The molecule has 102 valence electrons. The molecule has 0 aromatic carbocycles. The second kappa shape index (κ2) is 5.04. The van der Waals surface area contributed by atoms with Gasteiger partial charge in [0.2, 0.25) is 5.82 Å². The summed E-state index contributed by atoms with van der Waals surface area (Å²) < 4.78 is 37.6. The van der Waals surface area contributed by atoms with Gasteiger partial charge in [-0.05, 0) is 28.8 Å². The number of aromatic nitrogens is 2. The van der Waals surface area contributed by atoms with Crippen LogP contribution in [-0.2, 0) is 12.7 Å². The minimum Gasteiger partial charge on any atom is -0.384 e. The molecule has 0 saturated heterocycles. The third kappa shape index (κ3) is 3.34. The van der Waals surface area contributed by atoms with Gasteiger partial charge in [-0.2, -0.15) is 24.5 Å². The molecule has 0 unspecified atom stereocenters. The third-order valence-electron chi connectivity index (χ3n) is 2.42. The van der Waals surface area contributed by atoms with Crippen molar-refractivity contribution in [3.05, 3.63) is 33.8 Å². The summed E-state index contributed by atoms with van der Waals surface area (Å²) in [4.78, 5) is 6.58. The fourth-order valence-electron chi connectivity index (χ4n) is 1.44. The predicted molar refractivity (Wildman–Crippen MR) is 67.8 cm³/mol. The number of aryl methyl sites for hydroxylation is 1. The van der Waals surface area contributed by atoms with Gasteiger partial charge >= 0.3 is 6.18 Å². The molecule has 0 aliphatic carbocycles. The van der Waals surface area contributed by atoms with Crippen molar-refractivity contribution in [3.63, 3.8) is 0 Å². The van der Waals surface area contributed by atoms with E-state index in [9.17, 15) is 13.2 Å². The van der Waals surface area contributed by atoms with Crippen LogP contribution in [0.5, 0.6) is 0 Å². The van der Waals surface area contributed by atoms with Crippen LogP contribution in [0.4, 0.5) is 24.8 Å². The Morgan fingerprint density at radius 3 is 2.63 bits per heavy atom. The normalized spacial score (nSPS) is 11.6. The van der Waals surface area contributed by atoms with Gasteiger partial charge < -0.3 is 11.1 Å². The maximum absolute atomic E-state index is 12.5. The summed E-state index contributed by atoms with van der Waals surface area (Å²) >= 11 is 1.53. The van der Waals surface area contributed by atoms with Gasteiger partial charge in [-0.15, -0.1) is 0 Å². The topological polar surface area (TPSA) is 63.8 Å². The predicted octanol–water partition coefficient (Wildman–Crippen LogP) is 3.06. The van der Waals surface area contributed by atoms with E-state index in [2.05, 4.69) is 15.3 Å². The van der Waals surface area contributed by atoms with Crippen molar-refractivity contribution in [1.82, 2.24) is 9.97 Å². The third-order valence-corrected chi connectivity index (χ3v) is 3.33. The van der Waals surface area contributed by atoms with Gasteiger partial charge in [0, 0.05) is 12.6 Å². The summed E-state index contributed by atoms with van der Waals surface area (Å²) in [5.41, 5.74) is 7.44. The van der Waals surface area contributed by atoms with Crippen LogP contribution in [0.3, 0.4) is 0 Å². The molecule has 0 aliphatic rings. The second-order valence-corrected chi connectivity index (χ2v) is 4.68. The largest absolute Gasteiger partial charge is 0.451 e. The maximum atomic E-state index is 12.5. The number of halogens is 3. The Hall–Kier alpha value is -1.83. The molecule has 2 aromatic rings. The molecule has 2 heterocycles. The van der Waals surface area contributed by atoms with E-state index in [0.29, 0.717) is 6.54 Å². The number of nitrogen functional groups attached to an aromatic ring is 1. The Morgan fingerprint density at radius 1 is 1.32 bits per heavy atom. The number of thiophene rings is 1.